The molecule has 0 aliphatic heterocycles. The molecule has 0 radical (unpaired) electrons. The first kappa shape index (κ1) is 10.4. The van der Waals surface area contributed by atoms with Gasteiger partial charge in [0.25, 0.3) is 5.95 Å². The van der Waals surface area contributed by atoms with Crippen molar-refractivity contribution in [1.82, 2.24) is 30.0 Å². The van der Waals surface area contributed by atoms with Crippen molar-refractivity contribution in [2.75, 3.05) is 0 Å². The van der Waals surface area contributed by atoms with Crippen molar-refractivity contribution < 1.29 is 26.7 Å². The van der Waals surface area contributed by atoms with E-state index in [0.29, 0.717) is 0 Å². The lowest BCUT2D eigenvalue weighted by molar-refractivity contribution is -0.0460. The summed E-state index contributed by atoms with van der Waals surface area (Å²) in [6, 6.07) is 0. The first-order valence-corrected chi connectivity index (χ1v) is 3.50. The normalized spacial score (nSPS) is 11.1. The number of hydrogen-bond acceptors (Lipinski definition) is 2. The van der Waals surface area contributed by atoms with Crippen LogP contribution in [0.1, 0.15) is 0 Å². The standard InChI is InChI=1S/C4F6N6/c5-1-2-4(12-11-3(1)6)14(8)16(10)15(9)13(2)7. The lowest BCUT2D eigenvalue weighted by Gasteiger charge is -2.08. The summed E-state index contributed by atoms with van der Waals surface area (Å²) in [5.41, 5.74) is -2.98. The van der Waals surface area contributed by atoms with Gasteiger partial charge in [0.1, 0.15) is 0 Å². The van der Waals surface area contributed by atoms with E-state index in [9.17, 15) is 26.7 Å². The number of aromatic nitrogens is 6. The maximum Gasteiger partial charge on any atom is 0.271 e. The molecule has 0 aromatic carbocycles. The van der Waals surface area contributed by atoms with Crippen molar-refractivity contribution in [3.8, 4) is 0 Å². The fraction of sp³-hybridized carbons (Fsp3) is 0. The molecule has 0 atom stereocenters. The zero-order valence-corrected chi connectivity index (χ0v) is 6.95. The van der Waals surface area contributed by atoms with E-state index in [1.807, 2.05) is 0 Å². The summed E-state index contributed by atoms with van der Waals surface area (Å²) in [6.45, 7) is 0. The van der Waals surface area contributed by atoms with Gasteiger partial charge in [-0.15, -0.1) is 10.2 Å². The Labute approximate surface area is 80.9 Å². The van der Waals surface area contributed by atoms with Crippen LogP contribution in [-0.4, -0.2) is 30.0 Å². The molecule has 0 saturated carbocycles. The van der Waals surface area contributed by atoms with E-state index in [4.69, 9.17) is 0 Å². The topological polar surface area (TPSA) is 45.5 Å². The number of nitrogens with zero attached hydrogens (tertiary/aromatic N) is 6. The molecule has 0 saturated heterocycles. The number of fused-ring (bicyclic) bond motifs is 1. The second kappa shape index (κ2) is 3.18. The highest BCUT2D eigenvalue weighted by molar-refractivity contribution is 5.68. The van der Waals surface area contributed by atoms with Gasteiger partial charge in [-0.2, -0.15) is 8.78 Å². The Hall–Kier alpha value is -2.14. The summed E-state index contributed by atoms with van der Waals surface area (Å²) in [5, 5.41) is 1.95. The lowest BCUT2D eigenvalue weighted by atomic mass is 10.5. The summed E-state index contributed by atoms with van der Waals surface area (Å²) >= 11 is 0. The van der Waals surface area contributed by atoms with Gasteiger partial charge in [0.2, 0.25) is 11.5 Å². The van der Waals surface area contributed by atoms with Gasteiger partial charge in [-0.25, -0.2) is 0 Å². The molecular formula is C4F6N6. The molecule has 2 aromatic rings. The van der Waals surface area contributed by atoms with Crippen molar-refractivity contribution in [2.24, 2.45) is 0 Å². The van der Waals surface area contributed by atoms with Crippen molar-refractivity contribution in [1.29, 1.82) is 0 Å². The van der Waals surface area contributed by atoms with Gasteiger partial charge in [0.15, 0.2) is 5.52 Å². The SMILES string of the molecule is Fc1nnc2c(c1F)n(F)n(F)n(F)n2F. The largest absolute Gasteiger partial charge is 0.271 e. The van der Waals surface area contributed by atoms with Gasteiger partial charge in [-0.05, 0) is 4.90 Å². The third-order valence-corrected chi connectivity index (χ3v) is 1.62. The fourth-order valence-corrected chi connectivity index (χ4v) is 0.956. The van der Waals surface area contributed by atoms with Crippen LogP contribution in [0, 0.1) is 11.8 Å². The molecule has 12 heteroatoms. The van der Waals surface area contributed by atoms with E-state index in [2.05, 4.69) is 10.2 Å². The molecule has 2 rings (SSSR count). The smallest absolute Gasteiger partial charge is 0.199 e. The van der Waals surface area contributed by atoms with Crippen molar-refractivity contribution in [3.05, 3.63) is 11.8 Å². The molecule has 0 N–H and O–H groups in total. The second-order valence-electron chi connectivity index (χ2n) is 2.48. The van der Waals surface area contributed by atoms with Crippen LogP contribution in [0.15, 0.2) is 0 Å². The summed E-state index contributed by atoms with van der Waals surface area (Å²) < 4.78 is 76.1. The number of halogens is 6. The quantitative estimate of drug-likeness (QED) is 0.655. The summed E-state index contributed by atoms with van der Waals surface area (Å²) in [6.07, 6.45) is 0. The lowest BCUT2D eigenvalue weighted by Crippen LogP contribution is -2.22. The van der Waals surface area contributed by atoms with Crippen LogP contribution in [-0.2, 0) is 0 Å². The minimum atomic E-state index is -2.02. The molecule has 0 unspecified atom stereocenters. The molecule has 6 nitrogen and oxygen atoms in total. The van der Waals surface area contributed by atoms with Crippen LogP contribution in [0.25, 0.3) is 11.2 Å². The van der Waals surface area contributed by atoms with E-state index in [1.54, 1.807) is 0 Å². The molecule has 0 bridgehead atoms. The minimum absolute atomic E-state index is 1.21. The zero-order chi connectivity index (χ0) is 12.0. The molecule has 2 aromatic heterocycles. The summed E-state index contributed by atoms with van der Waals surface area (Å²) in [7, 11) is 0. The average Bonchev–Trinajstić information content (AvgIpc) is 2.27. The van der Waals surface area contributed by atoms with Crippen LogP contribution in [0.4, 0.5) is 26.7 Å². The van der Waals surface area contributed by atoms with Gasteiger partial charge >= 0.3 is 0 Å². The first-order chi connectivity index (χ1) is 7.45. The highest BCUT2D eigenvalue weighted by Crippen LogP contribution is 2.17. The van der Waals surface area contributed by atoms with E-state index in [1.165, 1.54) is 0 Å². The predicted octanol–water partition coefficient (Wildman–Crippen LogP) is 1.17. The van der Waals surface area contributed by atoms with Crippen LogP contribution in [0.2, 0.25) is 0 Å². The molecular weight excluding hydrogens is 246 g/mol. The molecule has 16 heavy (non-hydrogen) atoms. The Morgan fingerprint density at radius 3 is 2.00 bits per heavy atom. The Morgan fingerprint density at radius 2 is 1.38 bits per heavy atom. The van der Waals surface area contributed by atoms with Gasteiger partial charge in [0.05, 0.1) is 0 Å². The van der Waals surface area contributed by atoms with Crippen molar-refractivity contribution in [3.63, 3.8) is 0 Å². The van der Waals surface area contributed by atoms with Crippen molar-refractivity contribution in [2.45, 2.75) is 0 Å². The van der Waals surface area contributed by atoms with Crippen LogP contribution >= 0.6 is 0 Å². The molecule has 2 heterocycles. The van der Waals surface area contributed by atoms with Crippen molar-refractivity contribution >= 4 is 11.2 Å². The van der Waals surface area contributed by atoms with Gasteiger partial charge in [-0.3, -0.25) is 0 Å². The Kier molecular flexibility index (Phi) is 2.06. The molecule has 0 amide bonds. The second-order valence-corrected chi connectivity index (χ2v) is 2.48. The maximum atomic E-state index is 12.9. The van der Waals surface area contributed by atoms with E-state index in [-0.39, 0.29) is 0 Å². The molecule has 0 fully saturated rings. The van der Waals surface area contributed by atoms with Crippen LogP contribution in [0.3, 0.4) is 0 Å². The molecule has 88 valence electrons. The highest BCUT2D eigenvalue weighted by atomic mass is 19.3. The third-order valence-electron chi connectivity index (χ3n) is 1.62. The predicted molar refractivity (Wildman–Crippen MR) is 35.1 cm³/mol. The Morgan fingerprint density at radius 1 is 0.812 bits per heavy atom. The monoisotopic (exact) mass is 246 g/mol. The van der Waals surface area contributed by atoms with Crippen LogP contribution in [0.5, 0.6) is 0 Å². The molecule has 0 aliphatic carbocycles. The average molecular weight is 246 g/mol. The zero-order valence-electron chi connectivity index (χ0n) is 6.95. The highest BCUT2D eigenvalue weighted by Gasteiger charge is 2.22. The first-order valence-electron chi connectivity index (χ1n) is 3.50. The fourth-order valence-electron chi connectivity index (χ4n) is 0.956. The van der Waals surface area contributed by atoms with E-state index < -0.39 is 42.8 Å². The van der Waals surface area contributed by atoms with Crippen LogP contribution < -0.4 is 0 Å². The van der Waals surface area contributed by atoms with E-state index >= 15 is 0 Å². The summed E-state index contributed by atoms with van der Waals surface area (Å²) in [5.74, 6) is -3.92. The maximum absolute atomic E-state index is 12.9. The van der Waals surface area contributed by atoms with E-state index in [0.717, 1.165) is 0 Å². The third kappa shape index (κ3) is 1.15. The number of hydrogen-bond donors (Lipinski definition) is 0. The molecule has 0 spiro atoms. The van der Waals surface area contributed by atoms with Gasteiger partial charge in [-0.1, -0.05) is 22.8 Å². The molecule has 0 aliphatic rings. The van der Waals surface area contributed by atoms with Gasteiger partial charge < -0.3 is 0 Å². The summed E-state index contributed by atoms with van der Waals surface area (Å²) in [4.78, 5) is -2.53. The minimum Gasteiger partial charge on any atom is -0.199 e. The van der Waals surface area contributed by atoms with Gasteiger partial charge in [0, 0.05) is 10.0 Å². The Balaban J connectivity index is 3.09. The Bertz CT molecular complexity index is 600. The number of rotatable bonds is 0.